The van der Waals surface area contributed by atoms with Crippen molar-refractivity contribution in [3.8, 4) is 16.9 Å². The standard InChI is InChI=1S/C19H23NO/c1-13-4-8-18(14(2)10-13)19-9-7-17(21-3)11-15(19)12-20-16-5-6-16/h4,7-11,16,20H,5-6,12H2,1-3H3. The topological polar surface area (TPSA) is 21.3 Å². The maximum atomic E-state index is 5.39. The molecule has 2 heteroatoms. The van der Waals surface area contributed by atoms with Crippen LogP contribution in [0.2, 0.25) is 0 Å². The third-order valence-electron chi connectivity index (χ3n) is 4.14. The molecule has 1 N–H and O–H groups in total. The van der Waals surface area contributed by atoms with Crippen molar-refractivity contribution < 1.29 is 4.74 Å². The van der Waals surface area contributed by atoms with Crippen LogP contribution in [0.1, 0.15) is 29.5 Å². The zero-order chi connectivity index (χ0) is 14.8. The second-order valence-corrected chi connectivity index (χ2v) is 6.00. The van der Waals surface area contributed by atoms with Gasteiger partial charge >= 0.3 is 0 Å². The summed E-state index contributed by atoms with van der Waals surface area (Å²) >= 11 is 0. The summed E-state index contributed by atoms with van der Waals surface area (Å²) in [6.07, 6.45) is 2.62. The Morgan fingerprint density at radius 2 is 1.81 bits per heavy atom. The molecule has 0 aromatic heterocycles. The summed E-state index contributed by atoms with van der Waals surface area (Å²) in [7, 11) is 1.73. The molecule has 1 saturated carbocycles. The highest BCUT2D eigenvalue weighted by Crippen LogP contribution is 2.31. The van der Waals surface area contributed by atoms with Gasteiger partial charge in [0.05, 0.1) is 7.11 Å². The monoisotopic (exact) mass is 281 g/mol. The largest absolute Gasteiger partial charge is 0.497 e. The van der Waals surface area contributed by atoms with E-state index >= 15 is 0 Å². The highest BCUT2D eigenvalue weighted by molar-refractivity contribution is 5.71. The molecule has 0 radical (unpaired) electrons. The van der Waals surface area contributed by atoms with Gasteiger partial charge in [-0.05, 0) is 61.1 Å². The van der Waals surface area contributed by atoms with Crippen LogP contribution in [0, 0.1) is 13.8 Å². The average molecular weight is 281 g/mol. The average Bonchev–Trinajstić information content (AvgIpc) is 3.29. The van der Waals surface area contributed by atoms with Gasteiger partial charge < -0.3 is 10.1 Å². The molecule has 2 nitrogen and oxygen atoms in total. The van der Waals surface area contributed by atoms with Crippen LogP contribution < -0.4 is 10.1 Å². The quantitative estimate of drug-likeness (QED) is 0.885. The van der Waals surface area contributed by atoms with Crippen LogP contribution in [0.4, 0.5) is 0 Å². The Morgan fingerprint density at radius 3 is 2.48 bits per heavy atom. The van der Waals surface area contributed by atoms with E-state index in [1.165, 1.54) is 40.7 Å². The summed E-state index contributed by atoms with van der Waals surface area (Å²) in [5.41, 5.74) is 6.57. The lowest BCUT2D eigenvalue weighted by molar-refractivity contribution is 0.414. The molecule has 3 rings (SSSR count). The Morgan fingerprint density at radius 1 is 1.05 bits per heavy atom. The van der Waals surface area contributed by atoms with Crippen LogP contribution in [-0.4, -0.2) is 13.2 Å². The maximum Gasteiger partial charge on any atom is 0.119 e. The lowest BCUT2D eigenvalue weighted by Crippen LogP contribution is -2.16. The van der Waals surface area contributed by atoms with Crippen LogP contribution in [-0.2, 0) is 6.54 Å². The molecular weight excluding hydrogens is 258 g/mol. The Kier molecular flexibility index (Phi) is 3.98. The Balaban J connectivity index is 1.98. The van der Waals surface area contributed by atoms with Gasteiger partial charge in [0.25, 0.3) is 0 Å². The molecule has 0 saturated heterocycles. The number of rotatable bonds is 5. The smallest absolute Gasteiger partial charge is 0.119 e. The summed E-state index contributed by atoms with van der Waals surface area (Å²) in [4.78, 5) is 0. The van der Waals surface area contributed by atoms with Crippen molar-refractivity contribution in [1.82, 2.24) is 5.32 Å². The number of hydrogen-bond acceptors (Lipinski definition) is 2. The highest BCUT2D eigenvalue weighted by atomic mass is 16.5. The van der Waals surface area contributed by atoms with E-state index in [9.17, 15) is 0 Å². The van der Waals surface area contributed by atoms with Gasteiger partial charge in [-0.2, -0.15) is 0 Å². The number of nitrogens with one attached hydrogen (secondary N) is 1. The maximum absolute atomic E-state index is 5.39. The first-order valence-electron chi connectivity index (χ1n) is 7.65. The first kappa shape index (κ1) is 14.2. The summed E-state index contributed by atoms with van der Waals surface area (Å²) in [6.45, 7) is 5.23. The van der Waals surface area contributed by atoms with Crippen molar-refractivity contribution in [3.63, 3.8) is 0 Å². The summed E-state index contributed by atoms with van der Waals surface area (Å²) in [5.74, 6) is 0.927. The zero-order valence-electron chi connectivity index (χ0n) is 13.1. The van der Waals surface area contributed by atoms with E-state index in [4.69, 9.17) is 4.74 Å². The van der Waals surface area contributed by atoms with Crippen molar-refractivity contribution in [2.45, 2.75) is 39.3 Å². The van der Waals surface area contributed by atoms with E-state index in [0.29, 0.717) is 6.04 Å². The first-order chi connectivity index (χ1) is 10.2. The molecule has 0 unspecified atom stereocenters. The van der Waals surface area contributed by atoms with Gasteiger partial charge in [-0.3, -0.25) is 0 Å². The van der Waals surface area contributed by atoms with Gasteiger partial charge in [0, 0.05) is 12.6 Å². The van der Waals surface area contributed by atoms with E-state index in [0.717, 1.165) is 12.3 Å². The van der Waals surface area contributed by atoms with E-state index in [2.05, 4.69) is 55.6 Å². The number of ether oxygens (including phenoxy) is 1. The van der Waals surface area contributed by atoms with Crippen LogP contribution in [0.15, 0.2) is 36.4 Å². The van der Waals surface area contributed by atoms with Crippen LogP contribution in [0.3, 0.4) is 0 Å². The van der Waals surface area contributed by atoms with Gasteiger partial charge in [-0.25, -0.2) is 0 Å². The van der Waals surface area contributed by atoms with Crippen LogP contribution >= 0.6 is 0 Å². The zero-order valence-corrected chi connectivity index (χ0v) is 13.1. The van der Waals surface area contributed by atoms with Crippen molar-refractivity contribution in [3.05, 3.63) is 53.1 Å². The minimum atomic E-state index is 0.711. The molecule has 2 aromatic carbocycles. The molecule has 1 aliphatic rings. The number of aryl methyl sites for hydroxylation is 2. The fourth-order valence-corrected chi connectivity index (χ4v) is 2.76. The Bertz CT molecular complexity index is 644. The molecular formula is C19H23NO. The fraction of sp³-hybridized carbons (Fsp3) is 0.368. The molecule has 21 heavy (non-hydrogen) atoms. The summed E-state index contributed by atoms with van der Waals surface area (Å²) in [5, 5.41) is 3.61. The molecule has 0 spiro atoms. The third kappa shape index (κ3) is 3.27. The second-order valence-electron chi connectivity index (χ2n) is 6.00. The van der Waals surface area contributed by atoms with Crippen molar-refractivity contribution in [2.24, 2.45) is 0 Å². The van der Waals surface area contributed by atoms with Gasteiger partial charge in [-0.15, -0.1) is 0 Å². The van der Waals surface area contributed by atoms with Crippen LogP contribution in [0.25, 0.3) is 11.1 Å². The summed E-state index contributed by atoms with van der Waals surface area (Å²) in [6, 6.07) is 13.8. The van der Waals surface area contributed by atoms with Gasteiger partial charge in [0.15, 0.2) is 0 Å². The van der Waals surface area contributed by atoms with E-state index < -0.39 is 0 Å². The number of methoxy groups -OCH3 is 1. The predicted molar refractivity (Wildman–Crippen MR) is 87.8 cm³/mol. The Hall–Kier alpha value is -1.80. The lowest BCUT2D eigenvalue weighted by Gasteiger charge is -2.15. The normalized spacial score (nSPS) is 14.2. The molecule has 2 aromatic rings. The van der Waals surface area contributed by atoms with Crippen molar-refractivity contribution >= 4 is 0 Å². The first-order valence-corrected chi connectivity index (χ1v) is 7.65. The molecule has 0 heterocycles. The molecule has 110 valence electrons. The molecule has 0 aliphatic heterocycles. The predicted octanol–water partition coefficient (Wildman–Crippen LogP) is 4.23. The molecule has 0 atom stereocenters. The van der Waals surface area contributed by atoms with E-state index in [1.807, 2.05) is 0 Å². The van der Waals surface area contributed by atoms with Crippen molar-refractivity contribution in [1.29, 1.82) is 0 Å². The minimum absolute atomic E-state index is 0.711. The lowest BCUT2D eigenvalue weighted by atomic mass is 9.94. The van der Waals surface area contributed by atoms with Crippen molar-refractivity contribution in [2.75, 3.05) is 7.11 Å². The number of benzene rings is 2. The fourth-order valence-electron chi connectivity index (χ4n) is 2.76. The molecule has 0 bridgehead atoms. The molecule has 1 aliphatic carbocycles. The Labute approximate surface area is 127 Å². The van der Waals surface area contributed by atoms with Gasteiger partial charge in [0.2, 0.25) is 0 Å². The third-order valence-corrected chi connectivity index (χ3v) is 4.14. The van der Waals surface area contributed by atoms with Crippen LogP contribution in [0.5, 0.6) is 5.75 Å². The second kappa shape index (κ2) is 5.90. The van der Waals surface area contributed by atoms with Gasteiger partial charge in [-0.1, -0.05) is 29.8 Å². The molecule has 1 fully saturated rings. The van der Waals surface area contributed by atoms with E-state index in [-0.39, 0.29) is 0 Å². The molecule has 0 amide bonds. The highest BCUT2D eigenvalue weighted by Gasteiger charge is 2.21. The van der Waals surface area contributed by atoms with Gasteiger partial charge in [0.1, 0.15) is 5.75 Å². The number of hydrogen-bond donors (Lipinski definition) is 1. The SMILES string of the molecule is COc1ccc(-c2ccc(C)cc2C)c(CNC2CC2)c1. The van der Waals surface area contributed by atoms with E-state index in [1.54, 1.807) is 7.11 Å². The summed E-state index contributed by atoms with van der Waals surface area (Å²) < 4.78 is 5.39. The minimum Gasteiger partial charge on any atom is -0.497 e.